The van der Waals surface area contributed by atoms with Gasteiger partial charge in [-0.2, -0.15) is 4.98 Å². The Kier molecular flexibility index (Phi) is 5.13. The van der Waals surface area contributed by atoms with Crippen molar-refractivity contribution in [2.24, 2.45) is 5.92 Å². The number of aromatic nitrogens is 3. The molecule has 0 bridgehead atoms. The van der Waals surface area contributed by atoms with E-state index in [1.807, 2.05) is 0 Å². The van der Waals surface area contributed by atoms with Gasteiger partial charge in [0.05, 0.1) is 12.1 Å². The molecular formula is C17H23N5O4S. The number of rotatable bonds is 6. The van der Waals surface area contributed by atoms with E-state index in [0.717, 1.165) is 19.3 Å². The summed E-state index contributed by atoms with van der Waals surface area (Å²) in [5, 5.41) is 38.4. The quantitative estimate of drug-likeness (QED) is 0.413. The van der Waals surface area contributed by atoms with Gasteiger partial charge < -0.3 is 26.0 Å². The van der Waals surface area contributed by atoms with E-state index in [0.29, 0.717) is 34.8 Å². The topological polar surface area (TPSA) is 143 Å². The molecule has 146 valence electrons. The van der Waals surface area contributed by atoms with Crippen LogP contribution in [-0.4, -0.2) is 61.2 Å². The second kappa shape index (κ2) is 7.55. The van der Waals surface area contributed by atoms with Crippen molar-refractivity contribution in [2.75, 3.05) is 17.2 Å². The van der Waals surface area contributed by atoms with Crippen LogP contribution >= 0.6 is 11.3 Å². The van der Waals surface area contributed by atoms with Gasteiger partial charge in [-0.25, -0.2) is 4.98 Å². The van der Waals surface area contributed by atoms with E-state index in [1.165, 1.54) is 11.3 Å². The second-order valence-electron chi connectivity index (χ2n) is 7.16. The highest BCUT2D eigenvalue weighted by molar-refractivity contribution is 7.13. The first kappa shape index (κ1) is 18.4. The minimum Gasteiger partial charge on any atom is -0.396 e. The molecule has 2 aliphatic carbocycles. The molecule has 2 saturated carbocycles. The zero-order valence-corrected chi connectivity index (χ0v) is 15.4. The van der Waals surface area contributed by atoms with Crippen LogP contribution in [0.4, 0.5) is 11.8 Å². The summed E-state index contributed by atoms with van der Waals surface area (Å²) >= 11 is 1.32. The highest BCUT2D eigenvalue weighted by atomic mass is 32.1. The second-order valence-corrected chi connectivity index (χ2v) is 8.05. The van der Waals surface area contributed by atoms with Crippen LogP contribution in [-0.2, 0) is 0 Å². The fraction of sp³-hybridized carbons (Fsp3) is 0.588. The highest BCUT2D eigenvalue weighted by Crippen LogP contribution is 2.32. The molecule has 0 aromatic carbocycles. The zero-order valence-electron chi connectivity index (χ0n) is 14.6. The number of hydrogen-bond donors (Lipinski definition) is 6. The molecule has 0 spiro atoms. The molecule has 10 heteroatoms. The first-order valence-corrected chi connectivity index (χ1v) is 9.99. The number of nitrogens with zero attached hydrogens (tertiary/aromatic N) is 2. The molecule has 2 aromatic heterocycles. The summed E-state index contributed by atoms with van der Waals surface area (Å²) in [4.78, 5) is 24.2. The number of aliphatic hydroxyl groups excluding tert-OH is 3. The van der Waals surface area contributed by atoms with Crippen molar-refractivity contribution >= 4 is 23.1 Å². The monoisotopic (exact) mass is 393 g/mol. The number of aromatic amines is 1. The van der Waals surface area contributed by atoms with Crippen molar-refractivity contribution in [1.29, 1.82) is 0 Å². The number of thiazole rings is 1. The lowest BCUT2D eigenvalue weighted by Gasteiger charge is -2.27. The largest absolute Gasteiger partial charge is 0.396 e. The summed E-state index contributed by atoms with van der Waals surface area (Å²) in [6.07, 6.45) is 3.12. The number of H-pyrrole nitrogens is 1. The van der Waals surface area contributed by atoms with Gasteiger partial charge >= 0.3 is 0 Å². The molecule has 2 heterocycles. The highest BCUT2D eigenvalue weighted by Gasteiger charge is 2.41. The van der Waals surface area contributed by atoms with Crippen LogP contribution in [0.25, 0.3) is 10.6 Å². The lowest BCUT2D eigenvalue weighted by Crippen LogP contribution is -2.36. The van der Waals surface area contributed by atoms with Crippen LogP contribution in [0.1, 0.15) is 25.7 Å². The summed E-state index contributed by atoms with van der Waals surface area (Å²) in [6, 6.07) is -0.230. The van der Waals surface area contributed by atoms with Gasteiger partial charge in [-0.3, -0.25) is 9.78 Å². The fourth-order valence-corrected chi connectivity index (χ4v) is 4.24. The van der Waals surface area contributed by atoms with Gasteiger partial charge in [-0.05, 0) is 25.7 Å². The maximum absolute atomic E-state index is 12.7. The van der Waals surface area contributed by atoms with E-state index in [-0.39, 0.29) is 12.2 Å². The van der Waals surface area contributed by atoms with Crippen molar-refractivity contribution in [3.8, 4) is 10.6 Å². The summed E-state index contributed by atoms with van der Waals surface area (Å²) in [5.74, 6) is 0.264. The Morgan fingerprint density at radius 1 is 1.26 bits per heavy atom. The molecule has 6 N–H and O–H groups in total. The minimum atomic E-state index is -1.06. The Hall–Kier alpha value is -2.01. The molecule has 2 fully saturated rings. The average Bonchev–Trinajstić information content (AvgIpc) is 3.22. The van der Waals surface area contributed by atoms with Crippen LogP contribution in [0.3, 0.4) is 0 Å². The van der Waals surface area contributed by atoms with Crippen molar-refractivity contribution in [3.63, 3.8) is 0 Å². The molecule has 4 atom stereocenters. The Balaban J connectivity index is 1.67. The number of nitrogens with one attached hydrogen (secondary N) is 3. The molecule has 9 nitrogen and oxygen atoms in total. The van der Waals surface area contributed by atoms with Crippen molar-refractivity contribution in [3.05, 3.63) is 21.9 Å². The maximum atomic E-state index is 12.7. The van der Waals surface area contributed by atoms with E-state index in [9.17, 15) is 20.1 Å². The predicted molar refractivity (Wildman–Crippen MR) is 102 cm³/mol. The normalized spacial score (nSPS) is 28.1. The summed E-state index contributed by atoms with van der Waals surface area (Å²) in [7, 11) is 0. The third kappa shape index (κ3) is 3.57. The van der Waals surface area contributed by atoms with Gasteiger partial charge in [-0.15, -0.1) is 11.3 Å². The van der Waals surface area contributed by atoms with E-state index >= 15 is 0 Å². The Morgan fingerprint density at radius 2 is 2.07 bits per heavy atom. The van der Waals surface area contributed by atoms with Gasteiger partial charge in [-0.1, -0.05) is 0 Å². The minimum absolute atomic E-state index is 0.215. The number of hydrogen-bond acceptors (Lipinski definition) is 9. The summed E-state index contributed by atoms with van der Waals surface area (Å²) in [5.41, 5.74) is -0.0192. The number of anilines is 2. The standard InChI is InChI=1S/C17H23N5O4S/c23-7-8-6-10(13(25)12(8)24)20-14-11(16-18-4-5-27-16)15(26)22-17(21-14)19-9-2-1-3-9/h4-5,8-10,12-13,23-25H,1-3,6-7H2,(H3,19,20,21,22,26). The van der Waals surface area contributed by atoms with E-state index in [2.05, 4.69) is 25.6 Å². The Bertz CT molecular complexity index is 838. The maximum Gasteiger partial charge on any atom is 0.264 e. The molecule has 2 aliphatic rings. The van der Waals surface area contributed by atoms with Gasteiger partial charge in [0.2, 0.25) is 5.95 Å². The van der Waals surface area contributed by atoms with Gasteiger partial charge in [0, 0.05) is 30.1 Å². The van der Waals surface area contributed by atoms with Crippen LogP contribution < -0.4 is 16.2 Å². The average molecular weight is 393 g/mol. The van der Waals surface area contributed by atoms with Crippen LogP contribution in [0, 0.1) is 5.92 Å². The molecule has 2 aromatic rings. The smallest absolute Gasteiger partial charge is 0.264 e. The van der Waals surface area contributed by atoms with Gasteiger partial charge in [0.25, 0.3) is 5.56 Å². The molecular weight excluding hydrogens is 370 g/mol. The van der Waals surface area contributed by atoms with Gasteiger partial charge in [0.1, 0.15) is 22.5 Å². The van der Waals surface area contributed by atoms with Crippen molar-refractivity contribution in [2.45, 2.75) is 50.0 Å². The molecule has 0 radical (unpaired) electrons. The SMILES string of the molecule is O=c1[nH]c(NC2CCC2)nc(NC2CC(CO)C(O)C2O)c1-c1nccs1. The molecule has 4 rings (SSSR count). The molecule has 0 aliphatic heterocycles. The van der Waals surface area contributed by atoms with Gasteiger partial charge in [0.15, 0.2) is 0 Å². The van der Waals surface area contributed by atoms with E-state index < -0.39 is 24.2 Å². The third-order valence-corrected chi connectivity index (χ3v) is 6.16. The lowest BCUT2D eigenvalue weighted by atomic mass is 9.93. The summed E-state index contributed by atoms with van der Waals surface area (Å²) in [6.45, 7) is -0.215. The number of aliphatic hydroxyl groups is 3. The Labute approximate surface area is 159 Å². The molecule has 0 saturated heterocycles. The predicted octanol–water partition coefficient (Wildman–Crippen LogP) is 0.372. The van der Waals surface area contributed by atoms with Crippen LogP contribution in [0.5, 0.6) is 0 Å². The van der Waals surface area contributed by atoms with Crippen LogP contribution in [0.15, 0.2) is 16.4 Å². The first-order chi connectivity index (χ1) is 13.1. The first-order valence-electron chi connectivity index (χ1n) is 9.11. The summed E-state index contributed by atoms with van der Waals surface area (Å²) < 4.78 is 0. The molecule has 4 unspecified atom stereocenters. The third-order valence-electron chi connectivity index (χ3n) is 5.37. The van der Waals surface area contributed by atoms with Crippen molar-refractivity contribution < 1.29 is 15.3 Å². The molecule has 0 amide bonds. The van der Waals surface area contributed by atoms with E-state index in [1.54, 1.807) is 11.6 Å². The van der Waals surface area contributed by atoms with Crippen LogP contribution in [0.2, 0.25) is 0 Å². The van der Waals surface area contributed by atoms with E-state index in [4.69, 9.17) is 0 Å². The zero-order chi connectivity index (χ0) is 19.0. The lowest BCUT2D eigenvalue weighted by molar-refractivity contribution is 0.00446. The van der Waals surface area contributed by atoms with Crippen molar-refractivity contribution in [1.82, 2.24) is 15.0 Å². The Morgan fingerprint density at radius 3 is 2.67 bits per heavy atom. The molecule has 27 heavy (non-hydrogen) atoms. The fourth-order valence-electron chi connectivity index (χ4n) is 3.56.